The summed E-state index contributed by atoms with van der Waals surface area (Å²) in [7, 11) is 0. The fourth-order valence-electron chi connectivity index (χ4n) is 3.28. The van der Waals surface area contributed by atoms with Crippen LogP contribution in [0.4, 0.5) is 0 Å². The molecule has 1 fully saturated rings. The molecule has 3 rings (SSSR count). The summed E-state index contributed by atoms with van der Waals surface area (Å²) < 4.78 is 0. The molecule has 0 saturated carbocycles. The van der Waals surface area contributed by atoms with E-state index in [1.54, 1.807) is 0 Å². The summed E-state index contributed by atoms with van der Waals surface area (Å²) in [4.78, 5) is 2.42. The van der Waals surface area contributed by atoms with Crippen LogP contribution in [-0.4, -0.2) is 29.1 Å². The molecule has 0 radical (unpaired) electrons. The van der Waals surface area contributed by atoms with Gasteiger partial charge in [-0.1, -0.05) is 61.0 Å². The predicted octanol–water partition coefficient (Wildman–Crippen LogP) is 4.26. The lowest BCUT2D eigenvalue weighted by molar-refractivity contribution is 0.0733. The highest BCUT2D eigenvalue weighted by molar-refractivity contribution is 5.63. The number of rotatable bonds is 4. The molecule has 0 amide bonds. The van der Waals surface area contributed by atoms with Crippen molar-refractivity contribution in [3.63, 3.8) is 0 Å². The Kier molecular flexibility index (Phi) is 4.91. The van der Waals surface area contributed by atoms with Gasteiger partial charge >= 0.3 is 0 Å². The van der Waals surface area contributed by atoms with Crippen LogP contribution in [0.2, 0.25) is 0 Å². The normalized spacial score (nSPS) is 20.7. The molecule has 2 aromatic rings. The SMILES string of the molecule is CC1CCCCN1CC(O)c1ccc(-c2ccccc2)cc1. The molecule has 0 aromatic heterocycles. The first-order valence-corrected chi connectivity index (χ1v) is 8.31. The summed E-state index contributed by atoms with van der Waals surface area (Å²) in [5.41, 5.74) is 3.42. The molecule has 22 heavy (non-hydrogen) atoms. The van der Waals surface area contributed by atoms with Gasteiger partial charge in [-0.15, -0.1) is 0 Å². The van der Waals surface area contributed by atoms with Gasteiger partial charge in [0.2, 0.25) is 0 Å². The maximum Gasteiger partial charge on any atom is 0.0917 e. The number of likely N-dealkylation sites (tertiary alicyclic amines) is 1. The maximum atomic E-state index is 10.5. The van der Waals surface area contributed by atoms with Crippen molar-refractivity contribution in [2.24, 2.45) is 0 Å². The van der Waals surface area contributed by atoms with E-state index in [4.69, 9.17) is 0 Å². The van der Waals surface area contributed by atoms with E-state index in [0.717, 1.165) is 18.7 Å². The largest absolute Gasteiger partial charge is 0.387 e. The van der Waals surface area contributed by atoms with Crippen LogP contribution in [0.25, 0.3) is 11.1 Å². The number of aliphatic hydroxyl groups excluding tert-OH is 1. The highest BCUT2D eigenvalue weighted by Crippen LogP contribution is 2.24. The zero-order valence-electron chi connectivity index (χ0n) is 13.3. The fraction of sp³-hybridized carbons (Fsp3) is 0.400. The van der Waals surface area contributed by atoms with Gasteiger partial charge in [0, 0.05) is 12.6 Å². The number of hydrogen-bond donors (Lipinski definition) is 1. The van der Waals surface area contributed by atoms with Crippen LogP contribution >= 0.6 is 0 Å². The van der Waals surface area contributed by atoms with E-state index in [9.17, 15) is 5.11 Å². The molecule has 1 aliphatic rings. The lowest BCUT2D eigenvalue weighted by Crippen LogP contribution is -2.40. The van der Waals surface area contributed by atoms with Gasteiger partial charge in [-0.2, -0.15) is 0 Å². The monoisotopic (exact) mass is 295 g/mol. The second-order valence-corrected chi connectivity index (χ2v) is 6.34. The summed E-state index contributed by atoms with van der Waals surface area (Å²) in [6.07, 6.45) is 3.42. The first-order valence-electron chi connectivity index (χ1n) is 8.31. The highest BCUT2D eigenvalue weighted by Gasteiger charge is 2.21. The number of aliphatic hydroxyl groups is 1. The van der Waals surface area contributed by atoms with Gasteiger partial charge < -0.3 is 5.11 Å². The molecule has 0 bridgehead atoms. The molecular formula is C20H25NO. The molecule has 2 heteroatoms. The summed E-state index contributed by atoms with van der Waals surface area (Å²) in [5, 5.41) is 10.5. The van der Waals surface area contributed by atoms with Crippen molar-refractivity contribution in [2.45, 2.75) is 38.3 Å². The molecule has 1 heterocycles. The Morgan fingerprint density at radius 2 is 1.68 bits per heavy atom. The van der Waals surface area contributed by atoms with Gasteiger partial charge in [-0.3, -0.25) is 4.90 Å². The Hall–Kier alpha value is -1.64. The van der Waals surface area contributed by atoms with Crippen LogP contribution in [0.15, 0.2) is 54.6 Å². The molecule has 1 saturated heterocycles. The van der Waals surface area contributed by atoms with Gasteiger partial charge in [-0.25, -0.2) is 0 Å². The lowest BCUT2D eigenvalue weighted by Gasteiger charge is -2.34. The molecule has 2 unspecified atom stereocenters. The van der Waals surface area contributed by atoms with Gasteiger partial charge in [0.25, 0.3) is 0 Å². The number of hydrogen-bond acceptors (Lipinski definition) is 2. The van der Waals surface area contributed by atoms with Crippen LogP contribution in [-0.2, 0) is 0 Å². The third-order valence-electron chi connectivity index (χ3n) is 4.75. The van der Waals surface area contributed by atoms with Crippen molar-refractivity contribution < 1.29 is 5.11 Å². The molecule has 1 N–H and O–H groups in total. The Morgan fingerprint density at radius 3 is 2.36 bits per heavy atom. The second-order valence-electron chi connectivity index (χ2n) is 6.34. The van der Waals surface area contributed by atoms with E-state index in [2.05, 4.69) is 60.4 Å². The van der Waals surface area contributed by atoms with Crippen molar-refractivity contribution in [3.8, 4) is 11.1 Å². The average molecular weight is 295 g/mol. The zero-order chi connectivity index (χ0) is 15.4. The molecular weight excluding hydrogens is 270 g/mol. The van der Waals surface area contributed by atoms with Crippen LogP contribution in [0.1, 0.15) is 37.9 Å². The Balaban J connectivity index is 1.67. The summed E-state index contributed by atoms with van der Waals surface area (Å²) in [5.74, 6) is 0. The van der Waals surface area contributed by atoms with E-state index >= 15 is 0 Å². The standard InChI is InChI=1S/C20H25NO/c1-16-7-5-6-14-21(16)15-20(22)19-12-10-18(11-13-19)17-8-3-2-4-9-17/h2-4,8-13,16,20,22H,5-7,14-15H2,1H3. The van der Waals surface area contributed by atoms with E-state index in [-0.39, 0.29) is 0 Å². The summed E-state index contributed by atoms with van der Waals surface area (Å²) >= 11 is 0. The van der Waals surface area contributed by atoms with E-state index < -0.39 is 6.10 Å². The highest BCUT2D eigenvalue weighted by atomic mass is 16.3. The topological polar surface area (TPSA) is 23.5 Å². The summed E-state index contributed by atoms with van der Waals surface area (Å²) in [6, 6.07) is 19.3. The molecule has 0 aliphatic carbocycles. The number of piperidine rings is 1. The lowest BCUT2D eigenvalue weighted by atomic mass is 9.99. The van der Waals surface area contributed by atoms with Crippen LogP contribution < -0.4 is 0 Å². The predicted molar refractivity (Wildman–Crippen MR) is 91.7 cm³/mol. The third-order valence-corrected chi connectivity index (χ3v) is 4.75. The van der Waals surface area contributed by atoms with Crippen molar-refractivity contribution >= 4 is 0 Å². The van der Waals surface area contributed by atoms with Crippen molar-refractivity contribution in [1.29, 1.82) is 0 Å². The molecule has 2 atom stereocenters. The van der Waals surface area contributed by atoms with Gasteiger partial charge in [0.15, 0.2) is 0 Å². The number of β-amino-alcohol motifs (C(OH)–C–C–N with tert-alkyl or cyclic N) is 1. The van der Waals surface area contributed by atoms with Crippen LogP contribution in [0.5, 0.6) is 0 Å². The molecule has 0 spiro atoms. The van der Waals surface area contributed by atoms with Gasteiger partial charge in [0.05, 0.1) is 6.10 Å². The van der Waals surface area contributed by atoms with Crippen LogP contribution in [0.3, 0.4) is 0 Å². The molecule has 116 valence electrons. The third kappa shape index (κ3) is 3.57. The van der Waals surface area contributed by atoms with E-state index in [1.165, 1.54) is 30.4 Å². The average Bonchev–Trinajstić information content (AvgIpc) is 2.58. The second kappa shape index (κ2) is 7.08. The maximum absolute atomic E-state index is 10.5. The van der Waals surface area contributed by atoms with Crippen LogP contribution in [0, 0.1) is 0 Å². The first-order chi connectivity index (χ1) is 10.7. The van der Waals surface area contributed by atoms with Gasteiger partial charge in [0.1, 0.15) is 0 Å². The minimum atomic E-state index is -0.398. The van der Waals surface area contributed by atoms with Crippen molar-refractivity contribution in [2.75, 3.05) is 13.1 Å². The fourth-order valence-corrected chi connectivity index (χ4v) is 3.28. The van der Waals surface area contributed by atoms with E-state index in [1.807, 2.05) is 6.07 Å². The molecule has 1 aliphatic heterocycles. The number of nitrogens with zero attached hydrogens (tertiary/aromatic N) is 1. The Bertz CT molecular complexity index is 578. The number of benzene rings is 2. The first kappa shape index (κ1) is 15.3. The Labute approximate surface area is 133 Å². The minimum Gasteiger partial charge on any atom is -0.387 e. The van der Waals surface area contributed by atoms with Gasteiger partial charge in [-0.05, 0) is 43.0 Å². The van der Waals surface area contributed by atoms with E-state index in [0.29, 0.717) is 6.04 Å². The minimum absolute atomic E-state index is 0.398. The Morgan fingerprint density at radius 1 is 1.00 bits per heavy atom. The molecule has 2 nitrogen and oxygen atoms in total. The quantitative estimate of drug-likeness (QED) is 0.911. The van der Waals surface area contributed by atoms with Crippen molar-refractivity contribution in [1.82, 2.24) is 4.90 Å². The smallest absolute Gasteiger partial charge is 0.0917 e. The zero-order valence-corrected chi connectivity index (χ0v) is 13.3. The molecule has 2 aromatic carbocycles. The van der Waals surface area contributed by atoms with Crippen molar-refractivity contribution in [3.05, 3.63) is 60.2 Å². The summed E-state index contributed by atoms with van der Waals surface area (Å²) in [6.45, 7) is 4.12.